The second-order valence-electron chi connectivity index (χ2n) is 4.80. The molecular formula is C16H20ClN5O3. The summed E-state index contributed by atoms with van der Waals surface area (Å²) in [5, 5.41) is 3.17. The normalized spacial score (nSPS) is 11.2. The van der Waals surface area contributed by atoms with Crippen LogP contribution in [0.3, 0.4) is 0 Å². The average Bonchev–Trinajstić information content (AvgIpc) is 2.63. The lowest BCUT2D eigenvalue weighted by Gasteiger charge is -2.14. The van der Waals surface area contributed by atoms with Gasteiger partial charge in [0.2, 0.25) is 0 Å². The largest absolute Gasteiger partial charge is 0.490 e. The van der Waals surface area contributed by atoms with E-state index < -0.39 is 0 Å². The number of nitrogens with one attached hydrogen (secondary N) is 1. The first-order valence-corrected chi connectivity index (χ1v) is 7.78. The van der Waals surface area contributed by atoms with Gasteiger partial charge >= 0.3 is 0 Å². The van der Waals surface area contributed by atoms with E-state index in [2.05, 4.69) is 15.3 Å². The molecule has 0 radical (unpaired) electrons. The zero-order valence-corrected chi connectivity index (χ0v) is 14.7. The van der Waals surface area contributed by atoms with Crippen LogP contribution in [0.5, 0.6) is 11.5 Å². The Hall–Kier alpha value is -2.71. The molecule has 0 fully saturated rings. The molecule has 9 heteroatoms. The van der Waals surface area contributed by atoms with Gasteiger partial charge in [0.1, 0.15) is 28.9 Å². The van der Waals surface area contributed by atoms with Gasteiger partial charge in [-0.3, -0.25) is 0 Å². The van der Waals surface area contributed by atoms with Crippen molar-refractivity contribution in [3.63, 3.8) is 0 Å². The van der Waals surface area contributed by atoms with E-state index in [1.165, 1.54) is 12.4 Å². The summed E-state index contributed by atoms with van der Waals surface area (Å²) in [6.07, 6.45) is 4.28. The first kappa shape index (κ1) is 18.6. The van der Waals surface area contributed by atoms with Crippen LogP contribution in [-0.2, 0) is 4.74 Å². The van der Waals surface area contributed by atoms with Gasteiger partial charge in [0, 0.05) is 20.4 Å². The van der Waals surface area contributed by atoms with Crippen molar-refractivity contribution in [3.05, 3.63) is 41.4 Å². The standard InChI is InChI=1S/C16H20ClN5O3/c1-20-15-14(17)13(9-22-16(15)19)25-12(7-18)11-4-3-10(8-21-11)24-6-5-23-2/h3-4,7-9,20H,5-6,18H2,1-2H3,(H2,19,22)/b12-7+. The van der Waals surface area contributed by atoms with Crippen molar-refractivity contribution in [1.82, 2.24) is 9.97 Å². The maximum absolute atomic E-state index is 6.27. The van der Waals surface area contributed by atoms with Crippen molar-refractivity contribution in [2.45, 2.75) is 0 Å². The average molecular weight is 366 g/mol. The lowest BCUT2D eigenvalue weighted by molar-refractivity contribution is 0.146. The predicted octanol–water partition coefficient (Wildman–Crippen LogP) is 2.12. The number of anilines is 2. The number of nitrogen functional groups attached to an aromatic ring is 1. The van der Waals surface area contributed by atoms with E-state index in [1.54, 1.807) is 32.5 Å². The van der Waals surface area contributed by atoms with Crippen LogP contribution in [0.1, 0.15) is 5.69 Å². The fourth-order valence-corrected chi connectivity index (χ4v) is 2.22. The zero-order valence-electron chi connectivity index (χ0n) is 14.0. The molecule has 0 aromatic carbocycles. The van der Waals surface area contributed by atoms with Crippen molar-refractivity contribution >= 4 is 28.9 Å². The molecule has 2 heterocycles. The summed E-state index contributed by atoms with van der Waals surface area (Å²) in [4.78, 5) is 8.30. The number of rotatable bonds is 8. The highest BCUT2D eigenvalue weighted by molar-refractivity contribution is 6.35. The molecule has 0 unspecified atom stereocenters. The highest BCUT2D eigenvalue weighted by atomic mass is 35.5. The van der Waals surface area contributed by atoms with Gasteiger partial charge in [-0.05, 0) is 12.1 Å². The topological polar surface area (TPSA) is 118 Å². The van der Waals surface area contributed by atoms with E-state index >= 15 is 0 Å². The Labute approximate surface area is 150 Å². The third-order valence-corrected chi connectivity index (χ3v) is 3.55. The van der Waals surface area contributed by atoms with Gasteiger partial charge in [-0.1, -0.05) is 11.6 Å². The molecule has 2 aromatic rings. The van der Waals surface area contributed by atoms with Crippen LogP contribution in [0, 0.1) is 0 Å². The molecule has 0 atom stereocenters. The number of hydrogen-bond acceptors (Lipinski definition) is 8. The van der Waals surface area contributed by atoms with Gasteiger partial charge in [-0.15, -0.1) is 0 Å². The summed E-state index contributed by atoms with van der Waals surface area (Å²) in [6, 6.07) is 3.48. The summed E-state index contributed by atoms with van der Waals surface area (Å²) in [7, 11) is 3.30. The van der Waals surface area contributed by atoms with E-state index in [-0.39, 0.29) is 5.82 Å². The molecule has 0 aliphatic carbocycles. The first-order chi connectivity index (χ1) is 12.1. The maximum atomic E-state index is 6.27. The Bertz CT molecular complexity index is 737. The minimum absolute atomic E-state index is 0.272. The van der Waals surface area contributed by atoms with Crippen molar-refractivity contribution in [2.24, 2.45) is 5.73 Å². The molecule has 5 N–H and O–H groups in total. The van der Waals surface area contributed by atoms with Gasteiger partial charge in [-0.2, -0.15) is 0 Å². The van der Waals surface area contributed by atoms with E-state index in [0.29, 0.717) is 46.9 Å². The van der Waals surface area contributed by atoms with Crippen molar-refractivity contribution in [2.75, 3.05) is 38.4 Å². The molecule has 0 saturated heterocycles. The van der Waals surface area contributed by atoms with Crippen LogP contribution in [0.15, 0.2) is 30.7 Å². The van der Waals surface area contributed by atoms with E-state index in [1.807, 2.05) is 0 Å². The maximum Gasteiger partial charge on any atom is 0.168 e. The van der Waals surface area contributed by atoms with E-state index in [4.69, 9.17) is 37.3 Å². The molecule has 0 spiro atoms. The molecule has 0 bridgehead atoms. The molecule has 2 aromatic heterocycles. The lowest BCUT2D eigenvalue weighted by atomic mass is 10.3. The molecule has 0 amide bonds. The molecule has 134 valence electrons. The lowest BCUT2D eigenvalue weighted by Crippen LogP contribution is -2.06. The van der Waals surface area contributed by atoms with Gasteiger partial charge in [0.25, 0.3) is 0 Å². The van der Waals surface area contributed by atoms with Crippen LogP contribution in [0.4, 0.5) is 11.5 Å². The molecule has 0 saturated carbocycles. The molecule has 8 nitrogen and oxygen atoms in total. The Morgan fingerprint density at radius 1 is 1.28 bits per heavy atom. The third kappa shape index (κ3) is 4.65. The van der Waals surface area contributed by atoms with Crippen molar-refractivity contribution < 1.29 is 14.2 Å². The molecule has 0 aliphatic heterocycles. The fraction of sp³-hybridized carbons (Fsp3) is 0.250. The van der Waals surface area contributed by atoms with E-state index in [9.17, 15) is 0 Å². The number of hydrogen-bond donors (Lipinski definition) is 3. The minimum atomic E-state index is 0.272. The van der Waals surface area contributed by atoms with Crippen LogP contribution >= 0.6 is 11.6 Å². The number of halogens is 1. The highest BCUT2D eigenvalue weighted by Crippen LogP contribution is 2.36. The second-order valence-corrected chi connectivity index (χ2v) is 5.18. The number of nitrogens with zero attached hydrogens (tertiary/aromatic N) is 2. The number of pyridine rings is 2. The van der Waals surface area contributed by atoms with Crippen molar-refractivity contribution in [1.29, 1.82) is 0 Å². The van der Waals surface area contributed by atoms with Crippen LogP contribution in [0.25, 0.3) is 5.76 Å². The number of nitrogens with two attached hydrogens (primary N) is 2. The first-order valence-electron chi connectivity index (χ1n) is 7.40. The number of aromatic nitrogens is 2. The van der Waals surface area contributed by atoms with Gasteiger partial charge in [0.05, 0.1) is 24.7 Å². The van der Waals surface area contributed by atoms with E-state index in [0.717, 1.165) is 0 Å². The highest BCUT2D eigenvalue weighted by Gasteiger charge is 2.14. The zero-order chi connectivity index (χ0) is 18.2. The smallest absolute Gasteiger partial charge is 0.168 e. The summed E-state index contributed by atoms with van der Waals surface area (Å²) < 4.78 is 16.1. The van der Waals surface area contributed by atoms with Gasteiger partial charge in [-0.25, -0.2) is 9.97 Å². The summed E-state index contributed by atoms with van der Waals surface area (Å²) >= 11 is 6.27. The number of ether oxygens (including phenoxy) is 3. The van der Waals surface area contributed by atoms with Gasteiger partial charge < -0.3 is 31.0 Å². The predicted molar refractivity (Wildman–Crippen MR) is 97.6 cm³/mol. The Kier molecular flexibility index (Phi) is 6.67. The Balaban J connectivity index is 2.16. The summed E-state index contributed by atoms with van der Waals surface area (Å²) in [5.41, 5.74) is 12.4. The SMILES string of the molecule is CNc1c(N)ncc(O/C(=C/N)c2ccc(OCCOC)cn2)c1Cl. The second kappa shape index (κ2) is 8.95. The quantitative estimate of drug-likeness (QED) is 0.481. The Morgan fingerprint density at radius 2 is 2.08 bits per heavy atom. The molecule has 2 rings (SSSR count). The summed E-state index contributed by atoms with van der Waals surface area (Å²) in [6.45, 7) is 0.933. The van der Waals surface area contributed by atoms with Crippen molar-refractivity contribution in [3.8, 4) is 11.5 Å². The van der Waals surface area contributed by atoms with Crippen LogP contribution < -0.4 is 26.3 Å². The number of methoxy groups -OCH3 is 1. The monoisotopic (exact) mass is 365 g/mol. The molecular weight excluding hydrogens is 346 g/mol. The van der Waals surface area contributed by atoms with Crippen LogP contribution in [0.2, 0.25) is 5.02 Å². The Morgan fingerprint density at radius 3 is 2.68 bits per heavy atom. The minimum Gasteiger partial charge on any atom is -0.490 e. The molecule has 25 heavy (non-hydrogen) atoms. The molecule has 0 aliphatic rings. The van der Waals surface area contributed by atoms with Crippen LogP contribution in [-0.4, -0.2) is 37.3 Å². The third-order valence-electron chi connectivity index (χ3n) is 3.18. The fourth-order valence-electron chi connectivity index (χ4n) is 1.94. The summed E-state index contributed by atoms with van der Waals surface area (Å²) in [5.74, 6) is 1.51. The van der Waals surface area contributed by atoms with Gasteiger partial charge in [0.15, 0.2) is 11.5 Å².